The maximum Gasteiger partial charge on any atom is 0.309 e. The van der Waals surface area contributed by atoms with Crippen molar-refractivity contribution in [2.75, 3.05) is 24.7 Å². The number of benzene rings is 1. The molecule has 0 amide bonds. The zero-order chi connectivity index (χ0) is 17.5. The molecule has 1 aromatic heterocycles. The summed E-state index contributed by atoms with van der Waals surface area (Å²) in [6.07, 6.45) is 0.174. The maximum absolute atomic E-state index is 11.2. The summed E-state index contributed by atoms with van der Waals surface area (Å²) in [4.78, 5) is 19.1. The third-order valence-corrected chi connectivity index (χ3v) is 3.07. The minimum absolute atomic E-state index is 0.00346. The van der Waals surface area contributed by atoms with E-state index in [0.717, 1.165) is 0 Å². The number of ether oxygens (including phenoxy) is 2. The van der Waals surface area contributed by atoms with Crippen molar-refractivity contribution in [2.24, 2.45) is 0 Å². The standard InChI is InChI=1S/C16H17N5O3/c1-2-23-13(22)7-8-24-11-5-3-10(4-6-11)14-12(9-17)15(18)21-16(19)20-14/h3-6H,2,7-8H2,1H3,(H4,18,19,20,21). The molecule has 0 aliphatic rings. The highest BCUT2D eigenvalue weighted by Crippen LogP contribution is 2.26. The molecule has 2 rings (SSSR count). The van der Waals surface area contributed by atoms with E-state index in [1.807, 2.05) is 6.07 Å². The normalized spacial score (nSPS) is 10.0. The van der Waals surface area contributed by atoms with Crippen LogP contribution in [0.25, 0.3) is 11.3 Å². The van der Waals surface area contributed by atoms with Crippen LogP contribution in [0.3, 0.4) is 0 Å². The van der Waals surface area contributed by atoms with Crippen molar-refractivity contribution in [3.8, 4) is 23.1 Å². The molecule has 4 N–H and O–H groups in total. The number of nitrogens with two attached hydrogens (primary N) is 2. The van der Waals surface area contributed by atoms with Crippen LogP contribution >= 0.6 is 0 Å². The number of carbonyl (C=O) groups is 1. The quantitative estimate of drug-likeness (QED) is 0.761. The number of hydrogen-bond donors (Lipinski definition) is 2. The predicted molar refractivity (Wildman–Crippen MR) is 87.8 cm³/mol. The van der Waals surface area contributed by atoms with Gasteiger partial charge in [0.05, 0.1) is 25.3 Å². The number of nitrogen functional groups attached to an aromatic ring is 2. The Morgan fingerprint density at radius 1 is 1.25 bits per heavy atom. The summed E-state index contributed by atoms with van der Waals surface area (Å²) >= 11 is 0. The first-order valence-corrected chi connectivity index (χ1v) is 7.27. The highest BCUT2D eigenvalue weighted by atomic mass is 16.5. The Hall–Kier alpha value is -3.34. The second-order valence-corrected chi connectivity index (χ2v) is 4.73. The fraction of sp³-hybridized carbons (Fsp3) is 0.250. The third-order valence-electron chi connectivity index (χ3n) is 3.07. The summed E-state index contributed by atoms with van der Waals surface area (Å²) in [7, 11) is 0. The molecule has 0 aliphatic carbocycles. The van der Waals surface area contributed by atoms with E-state index in [4.69, 9.17) is 20.9 Å². The van der Waals surface area contributed by atoms with Gasteiger partial charge in [0.15, 0.2) is 0 Å². The van der Waals surface area contributed by atoms with E-state index in [0.29, 0.717) is 23.6 Å². The van der Waals surface area contributed by atoms with Gasteiger partial charge >= 0.3 is 5.97 Å². The third kappa shape index (κ3) is 4.10. The number of hydrogen-bond acceptors (Lipinski definition) is 8. The minimum Gasteiger partial charge on any atom is -0.493 e. The maximum atomic E-state index is 11.2. The summed E-state index contributed by atoms with van der Waals surface area (Å²) in [5.41, 5.74) is 12.5. The van der Waals surface area contributed by atoms with E-state index in [9.17, 15) is 10.1 Å². The second-order valence-electron chi connectivity index (χ2n) is 4.73. The van der Waals surface area contributed by atoms with Crippen LogP contribution in [-0.2, 0) is 9.53 Å². The number of anilines is 2. The average molecular weight is 327 g/mol. The smallest absolute Gasteiger partial charge is 0.309 e. The average Bonchev–Trinajstić information content (AvgIpc) is 2.55. The summed E-state index contributed by atoms with van der Waals surface area (Å²) in [5, 5.41) is 9.20. The van der Waals surface area contributed by atoms with Gasteiger partial charge in [-0.1, -0.05) is 0 Å². The van der Waals surface area contributed by atoms with Crippen LogP contribution in [0.15, 0.2) is 24.3 Å². The molecule has 0 saturated heterocycles. The van der Waals surface area contributed by atoms with Gasteiger partial charge in [0.25, 0.3) is 0 Å². The molecule has 8 heteroatoms. The van der Waals surface area contributed by atoms with E-state index in [2.05, 4.69) is 9.97 Å². The van der Waals surface area contributed by atoms with E-state index in [-0.39, 0.29) is 36.3 Å². The number of nitrogens with zero attached hydrogens (tertiary/aromatic N) is 3. The zero-order valence-corrected chi connectivity index (χ0v) is 13.2. The van der Waals surface area contributed by atoms with Crippen LogP contribution in [0.4, 0.5) is 11.8 Å². The van der Waals surface area contributed by atoms with Crippen LogP contribution < -0.4 is 16.2 Å². The van der Waals surface area contributed by atoms with Gasteiger partial charge in [0.2, 0.25) is 5.95 Å². The Bertz CT molecular complexity index is 769. The SMILES string of the molecule is CCOC(=O)CCOc1ccc(-c2nc(N)nc(N)c2C#N)cc1. The van der Waals surface area contributed by atoms with Crippen molar-refractivity contribution in [3.63, 3.8) is 0 Å². The van der Waals surface area contributed by atoms with Gasteiger partial charge in [-0.05, 0) is 31.2 Å². The molecule has 1 aromatic carbocycles. The first kappa shape index (κ1) is 17.0. The molecular weight excluding hydrogens is 310 g/mol. The topological polar surface area (TPSA) is 137 Å². The highest BCUT2D eigenvalue weighted by Gasteiger charge is 2.13. The van der Waals surface area contributed by atoms with Gasteiger partial charge in [-0.3, -0.25) is 4.79 Å². The molecule has 1 heterocycles. The molecule has 8 nitrogen and oxygen atoms in total. The number of aromatic nitrogens is 2. The number of nitriles is 1. The number of esters is 1. The lowest BCUT2D eigenvalue weighted by atomic mass is 10.1. The predicted octanol–water partition coefficient (Wildman–Crippen LogP) is 1.51. The van der Waals surface area contributed by atoms with Crippen molar-refractivity contribution < 1.29 is 14.3 Å². The zero-order valence-electron chi connectivity index (χ0n) is 13.2. The van der Waals surface area contributed by atoms with Crippen LogP contribution in [0.2, 0.25) is 0 Å². The van der Waals surface area contributed by atoms with Crippen molar-refractivity contribution in [1.29, 1.82) is 5.26 Å². The van der Waals surface area contributed by atoms with Crippen LogP contribution in [0.1, 0.15) is 18.9 Å². The van der Waals surface area contributed by atoms with Gasteiger partial charge in [-0.15, -0.1) is 0 Å². The monoisotopic (exact) mass is 327 g/mol. The van der Waals surface area contributed by atoms with Gasteiger partial charge in [-0.2, -0.15) is 10.2 Å². The van der Waals surface area contributed by atoms with Crippen molar-refractivity contribution in [3.05, 3.63) is 29.8 Å². The number of carbonyl (C=O) groups excluding carboxylic acids is 1. The summed E-state index contributed by atoms with van der Waals surface area (Å²) < 4.78 is 10.3. The van der Waals surface area contributed by atoms with Crippen LogP contribution in [-0.4, -0.2) is 29.2 Å². The Morgan fingerprint density at radius 3 is 2.58 bits per heavy atom. The fourth-order valence-electron chi connectivity index (χ4n) is 2.01. The lowest BCUT2D eigenvalue weighted by Gasteiger charge is -2.09. The molecule has 0 radical (unpaired) electrons. The van der Waals surface area contributed by atoms with E-state index >= 15 is 0 Å². The molecule has 0 fully saturated rings. The summed E-state index contributed by atoms with van der Waals surface area (Å²) in [5.74, 6) is 0.308. The molecule has 0 atom stereocenters. The number of rotatable bonds is 6. The van der Waals surface area contributed by atoms with Gasteiger partial charge in [0.1, 0.15) is 23.2 Å². The first-order chi connectivity index (χ1) is 11.5. The highest BCUT2D eigenvalue weighted by molar-refractivity contribution is 5.73. The Labute approximate surface area is 139 Å². The molecule has 0 spiro atoms. The summed E-state index contributed by atoms with van der Waals surface area (Å²) in [6, 6.07) is 8.83. The molecule has 2 aromatic rings. The largest absolute Gasteiger partial charge is 0.493 e. The molecule has 124 valence electrons. The molecule has 0 saturated carbocycles. The van der Waals surface area contributed by atoms with Crippen molar-refractivity contribution in [2.45, 2.75) is 13.3 Å². The summed E-state index contributed by atoms with van der Waals surface area (Å²) in [6.45, 7) is 2.31. The van der Waals surface area contributed by atoms with E-state index in [1.165, 1.54) is 0 Å². The minimum atomic E-state index is -0.306. The van der Waals surface area contributed by atoms with Crippen LogP contribution in [0.5, 0.6) is 5.75 Å². The first-order valence-electron chi connectivity index (χ1n) is 7.27. The Kier molecular flexibility index (Phi) is 5.52. The van der Waals surface area contributed by atoms with Gasteiger partial charge < -0.3 is 20.9 Å². The Balaban J connectivity index is 2.10. The fourth-order valence-corrected chi connectivity index (χ4v) is 2.01. The lowest BCUT2D eigenvalue weighted by Crippen LogP contribution is -2.09. The lowest BCUT2D eigenvalue weighted by molar-refractivity contribution is -0.143. The molecule has 0 unspecified atom stereocenters. The van der Waals surface area contributed by atoms with E-state index < -0.39 is 0 Å². The molecular formula is C16H17N5O3. The van der Waals surface area contributed by atoms with E-state index in [1.54, 1.807) is 31.2 Å². The van der Waals surface area contributed by atoms with Gasteiger partial charge in [-0.25, -0.2) is 4.98 Å². The molecule has 24 heavy (non-hydrogen) atoms. The second kappa shape index (κ2) is 7.78. The Morgan fingerprint density at radius 2 is 1.96 bits per heavy atom. The van der Waals surface area contributed by atoms with Gasteiger partial charge in [0, 0.05) is 5.56 Å². The van der Waals surface area contributed by atoms with Crippen molar-refractivity contribution >= 4 is 17.7 Å². The molecule has 0 aliphatic heterocycles. The van der Waals surface area contributed by atoms with Crippen LogP contribution in [0, 0.1) is 11.3 Å². The van der Waals surface area contributed by atoms with Crippen molar-refractivity contribution in [1.82, 2.24) is 9.97 Å². The molecule has 0 bridgehead atoms.